The van der Waals surface area contributed by atoms with Crippen LogP contribution in [0.25, 0.3) is 0 Å². The van der Waals surface area contributed by atoms with Gasteiger partial charge in [0.1, 0.15) is 0 Å². The summed E-state index contributed by atoms with van der Waals surface area (Å²) in [6.07, 6.45) is 0. The molecule has 0 N–H and O–H groups in total. The maximum atomic E-state index is 4.95. The van der Waals surface area contributed by atoms with Crippen LogP contribution >= 0.6 is 19.4 Å². The van der Waals surface area contributed by atoms with E-state index < -0.39 is 15.1 Å². The van der Waals surface area contributed by atoms with E-state index in [4.69, 9.17) is 19.4 Å². The van der Waals surface area contributed by atoms with Crippen LogP contribution in [0.3, 0.4) is 0 Å². The van der Waals surface area contributed by atoms with Crippen LogP contribution < -0.4 is 0 Å². The topological polar surface area (TPSA) is 0 Å². The summed E-state index contributed by atoms with van der Waals surface area (Å²) in [5, 5.41) is 0. The second-order valence-electron chi connectivity index (χ2n) is 0.101. The van der Waals surface area contributed by atoms with Gasteiger partial charge in [0.05, 0.1) is 0 Å². The van der Waals surface area contributed by atoms with Crippen LogP contribution in [-0.2, 0) is 15.1 Å². The van der Waals surface area contributed by atoms with Gasteiger partial charge in [-0.3, -0.25) is 0 Å². The summed E-state index contributed by atoms with van der Waals surface area (Å²) in [5.74, 6) is 0. The Morgan fingerprint density at radius 3 is 1.25 bits per heavy atom. The molecule has 4 heteroatoms. The van der Waals surface area contributed by atoms with E-state index in [9.17, 15) is 0 Å². The summed E-state index contributed by atoms with van der Waals surface area (Å²) in [7, 11) is 9.90. The summed E-state index contributed by atoms with van der Waals surface area (Å²) in [6.45, 7) is 0. The molecule has 0 rings (SSSR count). The second kappa shape index (κ2) is 8.85. The fourth-order valence-corrected chi connectivity index (χ4v) is 0. The molecule has 0 aliphatic rings. The molecule has 0 atom stereocenters. The molecule has 0 aromatic rings. The quantitative estimate of drug-likeness (QED) is 0.499. The van der Waals surface area contributed by atoms with Crippen molar-refractivity contribution in [3.63, 3.8) is 0 Å². The molecular formula is H3Cl2GaZn. The van der Waals surface area contributed by atoms with E-state index in [1.54, 1.807) is 0 Å². The third-order valence-corrected chi connectivity index (χ3v) is 0. The standard InChI is InChI=1S/2ClH.Ga.Zn.3H/h2*1H;;;;;/q;;;+2;;;/p-2. The first kappa shape index (κ1) is 9.28. The molecule has 0 saturated heterocycles. The normalized spacial score (nSPS) is 2.50. The number of hydrogen-bond donors (Lipinski definition) is 0. The number of rotatable bonds is 0. The molecule has 0 amide bonds. The monoisotopic (exact) mass is 206 g/mol. The Hall–Kier alpha value is 1.84. The third-order valence-electron chi connectivity index (χ3n) is 0. The molecule has 0 aliphatic carbocycles. The van der Waals surface area contributed by atoms with Crippen molar-refractivity contribution < 1.29 is 15.1 Å². The van der Waals surface area contributed by atoms with E-state index in [1.807, 2.05) is 0 Å². The molecule has 0 fully saturated rings. The van der Waals surface area contributed by atoms with Crippen LogP contribution in [0.1, 0.15) is 0 Å². The van der Waals surface area contributed by atoms with E-state index in [1.165, 1.54) is 0 Å². The average Bonchev–Trinajstić information content (AvgIpc) is 0.918. The van der Waals surface area contributed by atoms with Crippen molar-refractivity contribution in [3.8, 4) is 0 Å². The van der Waals surface area contributed by atoms with Gasteiger partial charge in [-0.25, -0.2) is 0 Å². The van der Waals surface area contributed by atoms with Gasteiger partial charge in [-0.05, 0) is 0 Å². The Kier molecular flexibility index (Phi) is 20.5. The zero-order chi connectivity index (χ0) is 2.71. The maximum absolute atomic E-state index is 4.95. The summed E-state index contributed by atoms with van der Waals surface area (Å²) < 4.78 is 0. The van der Waals surface area contributed by atoms with E-state index in [-0.39, 0.29) is 19.8 Å². The van der Waals surface area contributed by atoms with Crippen molar-refractivity contribution in [2.45, 2.75) is 0 Å². The van der Waals surface area contributed by atoms with Gasteiger partial charge in [-0.15, -0.1) is 0 Å². The predicted octanol–water partition coefficient (Wildman–Crippen LogP) is 0.193. The Labute approximate surface area is 54.0 Å². The van der Waals surface area contributed by atoms with Crippen LogP contribution in [-0.4, -0.2) is 19.8 Å². The predicted molar refractivity (Wildman–Crippen MR) is 21.6 cm³/mol. The molecule has 0 bridgehead atoms. The average molecular weight is 209 g/mol. The summed E-state index contributed by atoms with van der Waals surface area (Å²) in [4.78, 5) is 0. The van der Waals surface area contributed by atoms with Crippen molar-refractivity contribution in [1.29, 1.82) is 0 Å². The van der Waals surface area contributed by atoms with Crippen molar-refractivity contribution in [2.24, 2.45) is 0 Å². The molecule has 22 valence electrons. The van der Waals surface area contributed by atoms with Crippen LogP contribution in [0.2, 0.25) is 0 Å². The van der Waals surface area contributed by atoms with E-state index >= 15 is 0 Å². The minimum atomic E-state index is -0.931. The first-order valence-corrected chi connectivity index (χ1v) is 8.33. The van der Waals surface area contributed by atoms with Gasteiger partial charge in [-0.2, -0.15) is 0 Å². The van der Waals surface area contributed by atoms with E-state index in [0.29, 0.717) is 0 Å². The summed E-state index contributed by atoms with van der Waals surface area (Å²) in [5.41, 5.74) is 0. The zero-order valence-corrected chi connectivity index (χ0v) is 5.94. The molecule has 0 nitrogen and oxygen atoms in total. The fraction of sp³-hybridized carbons (Fsp3) is 0. The molecule has 0 saturated carbocycles. The first-order chi connectivity index (χ1) is 1.41. The van der Waals surface area contributed by atoms with Crippen molar-refractivity contribution in [3.05, 3.63) is 0 Å². The fourth-order valence-electron chi connectivity index (χ4n) is 0. The van der Waals surface area contributed by atoms with E-state index in [0.717, 1.165) is 0 Å². The molecule has 0 unspecified atom stereocenters. The van der Waals surface area contributed by atoms with Gasteiger partial charge in [0.15, 0.2) is 0 Å². The van der Waals surface area contributed by atoms with Gasteiger partial charge in [0.2, 0.25) is 0 Å². The van der Waals surface area contributed by atoms with Gasteiger partial charge < -0.3 is 0 Å². The van der Waals surface area contributed by atoms with Crippen molar-refractivity contribution in [1.82, 2.24) is 0 Å². The molecule has 0 spiro atoms. The minimum absolute atomic E-state index is 0. The van der Waals surface area contributed by atoms with E-state index in [2.05, 4.69) is 0 Å². The molecule has 0 aliphatic heterocycles. The molecule has 0 aromatic carbocycles. The molecular weight excluding hydrogens is 206 g/mol. The Morgan fingerprint density at radius 2 is 1.25 bits per heavy atom. The SMILES string of the molecule is [Cl][Zn][Cl].[GaH3]. The molecule has 0 radical (unpaired) electrons. The Balaban J connectivity index is 0. The second-order valence-corrected chi connectivity index (χ2v) is 4.72. The van der Waals surface area contributed by atoms with Crippen LogP contribution in [0.4, 0.5) is 0 Å². The van der Waals surface area contributed by atoms with Gasteiger partial charge in [0, 0.05) is 0 Å². The van der Waals surface area contributed by atoms with Crippen LogP contribution in [0.5, 0.6) is 0 Å². The summed E-state index contributed by atoms with van der Waals surface area (Å²) >= 11 is -0.931. The molecule has 0 aromatic heterocycles. The van der Waals surface area contributed by atoms with Gasteiger partial charge in [-0.1, -0.05) is 0 Å². The number of halogens is 2. The molecule has 4 heavy (non-hydrogen) atoms. The van der Waals surface area contributed by atoms with Crippen LogP contribution in [0, 0.1) is 0 Å². The Morgan fingerprint density at radius 1 is 1.25 bits per heavy atom. The molecule has 0 heterocycles. The summed E-state index contributed by atoms with van der Waals surface area (Å²) in [6, 6.07) is 0. The first-order valence-electron chi connectivity index (χ1n) is 0.535. The third kappa shape index (κ3) is 9.15. The Bertz CT molecular complexity index is 6.00. The van der Waals surface area contributed by atoms with Crippen LogP contribution in [0.15, 0.2) is 0 Å². The van der Waals surface area contributed by atoms with Gasteiger partial charge >= 0.3 is 54.3 Å². The van der Waals surface area contributed by atoms with Crippen molar-refractivity contribution in [2.75, 3.05) is 0 Å². The number of hydrogen-bond acceptors (Lipinski definition) is 0. The van der Waals surface area contributed by atoms with Gasteiger partial charge in [0.25, 0.3) is 0 Å². The zero-order valence-electron chi connectivity index (χ0n) is 1.46. The van der Waals surface area contributed by atoms with Crippen molar-refractivity contribution >= 4 is 39.2 Å².